The molecule has 0 heterocycles. The van der Waals surface area contributed by atoms with Gasteiger partial charge in [-0.1, -0.05) is 90.9 Å². The molecule has 0 saturated heterocycles. The van der Waals surface area contributed by atoms with Crippen molar-refractivity contribution in [1.29, 1.82) is 0 Å². The number of carbonyl (C=O) groups excluding carboxylic acids is 1. The van der Waals surface area contributed by atoms with Crippen molar-refractivity contribution in [3.8, 4) is 0 Å². The monoisotopic (exact) mass is 695 g/mol. The lowest BCUT2D eigenvalue weighted by atomic mass is 10.1. The smallest absolute Gasteiger partial charge is 0.305 e. The maximum Gasteiger partial charge on any atom is 0.305 e. The van der Waals surface area contributed by atoms with Gasteiger partial charge in [0, 0.05) is 13.0 Å². The zero-order valence-electron chi connectivity index (χ0n) is 31.0. The van der Waals surface area contributed by atoms with Crippen molar-refractivity contribution in [3.05, 3.63) is 0 Å². The molecule has 0 bridgehead atoms. The van der Waals surface area contributed by atoms with Crippen LogP contribution in [0.2, 0.25) is 0 Å². The molecule has 0 aromatic carbocycles. The Hall–Kier alpha value is -0.890. The quantitative estimate of drug-likeness (QED) is 0.0511. The average molecular weight is 695 g/mol. The number of carbonyl (C=O) groups is 1. The Bertz CT molecular complexity index is 598. The minimum absolute atomic E-state index is 0.139. The topological polar surface area (TPSA) is 109 Å². The van der Waals surface area contributed by atoms with Crippen molar-refractivity contribution in [2.24, 2.45) is 0 Å². The lowest BCUT2D eigenvalue weighted by Crippen LogP contribution is -2.15. The maximum absolute atomic E-state index is 11.7. The Morgan fingerprint density at radius 3 is 0.875 bits per heavy atom. The van der Waals surface area contributed by atoms with Gasteiger partial charge in [-0.2, -0.15) is 0 Å². The highest BCUT2D eigenvalue weighted by atomic mass is 16.6. The molecule has 0 aliphatic carbocycles. The van der Waals surface area contributed by atoms with Gasteiger partial charge in [0.05, 0.1) is 112 Å². The van der Waals surface area contributed by atoms with Crippen LogP contribution in [0.1, 0.15) is 110 Å². The van der Waals surface area contributed by atoms with E-state index in [1.165, 1.54) is 70.6 Å². The number of ether oxygens (including phenoxy) is 10. The van der Waals surface area contributed by atoms with E-state index in [-0.39, 0.29) is 5.97 Å². The van der Waals surface area contributed by atoms with Crippen LogP contribution in [0.3, 0.4) is 0 Å². The molecule has 11 heteroatoms. The number of unbranched alkanes of at least 4 members (excludes halogenated alkanes) is 12. The summed E-state index contributed by atoms with van der Waals surface area (Å²) >= 11 is 0. The Morgan fingerprint density at radius 2 is 0.542 bits per heavy atom. The standard InChI is InChI=1S/C37H74O11/c1-3-5-7-9-11-12-14-16-18-39-19-20-40-21-22-41-23-24-42-25-26-43-27-28-44-29-30-45-31-32-46-33-34-47-35-36-48-37(38)17-15-13-10-8-6-4-2/h3-36H2,1-2H3. The van der Waals surface area contributed by atoms with E-state index < -0.39 is 0 Å². The molecular formula is C37H74O11. The molecule has 0 amide bonds. The maximum atomic E-state index is 11.7. The molecule has 0 fully saturated rings. The van der Waals surface area contributed by atoms with Gasteiger partial charge >= 0.3 is 5.97 Å². The highest BCUT2D eigenvalue weighted by Crippen LogP contribution is 2.09. The van der Waals surface area contributed by atoms with Crippen LogP contribution < -0.4 is 0 Å². The van der Waals surface area contributed by atoms with Gasteiger partial charge in [0.2, 0.25) is 0 Å². The summed E-state index contributed by atoms with van der Waals surface area (Å²) in [5.41, 5.74) is 0. The molecule has 48 heavy (non-hydrogen) atoms. The van der Waals surface area contributed by atoms with Crippen LogP contribution >= 0.6 is 0 Å². The average Bonchev–Trinajstić information content (AvgIpc) is 3.09. The molecule has 0 saturated carbocycles. The molecule has 0 spiro atoms. The molecule has 0 atom stereocenters. The van der Waals surface area contributed by atoms with Gasteiger partial charge in [0.1, 0.15) is 6.61 Å². The molecule has 288 valence electrons. The number of rotatable bonds is 43. The first-order valence-corrected chi connectivity index (χ1v) is 19.2. The summed E-state index contributed by atoms with van der Waals surface area (Å²) in [5.74, 6) is -0.139. The van der Waals surface area contributed by atoms with E-state index in [9.17, 15) is 4.79 Å². The van der Waals surface area contributed by atoms with Crippen molar-refractivity contribution in [2.45, 2.75) is 110 Å². The van der Waals surface area contributed by atoms with E-state index in [0.29, 0.717) is 125 Å². The second-order valence-electron chi connectivity index (χ2n) is 11.7. The Balaban J connectivity index is 3.09. The zero-order chi connectivity index (χ0) is 34.7. The van der Waals surface area contributed by atoms with Crippen LogP contribution in [0.5, 0.6) is 0 Å². The van der Waals surface area contributed by atoms with Crippen LogP contribution in [0, 0.1) is 0 Å². The molecule has 0 radical (unpaired) electrons. The molecule has 0 unspecified atom stereocenters. The lowest BCUT2D eigenvalue weighted by Gasteiger charge is -2.09. The Kier molecular flexibility index (Phi) is 43.3. The summed E-state index contributed by atoms with van der Waals surface area (Å²) in [7, 11) is 0. The number of hydrogen-bond donors (Lipinski definition) is 0. The number of esters is 1. The summed E-state index contributed by atoms with van der Waals surface area (Å²) in [4.78, 5) is 11.7. The zero-order valence-corrected chi connectivity index (χ0v) is 31.0. The SMILES string of the molecule is CCCCCCCCCCOCCOCCOCCOCCOCCOCCOCCOCCOCCOC(=O)CCCCCCCC. The summed E-state index contributed by atoms with van der Waals surface area (Å²) in [6, 6.07) is 0. The minimum atomic E-state index is -0.139. The summed E-state index contributed by atoms with van der Waals surface area (Å²) in [5, 5.41) is 0. The number of hydrogen-bond acceptors (Lipinski definition) is 11. The molecular weight excluding hydrogens is 620 g/mol. The van der Waals surface area contributed by atoms with Gasteiger partial charge in [-0.15, -0.1) is 0 Å². The fraction of sp³-hybridized carbons (Fsp3) is 0.973. The largest absolute Gasteiger partial charge is 0.463 e. The third-order valence-electron chi connectivity index (χ3n) is 7.34. The molecule has 0 aromatic rings. The van der Waals surface area contributed by atoms with E-state index in [0.717, 1.165) is 25.9 Å². The second kappa shape index (κ2) is 44.1. The third kappa shape index (κ3) is 43.1. The van der Waals surface area contributed by atoms with E-state index in [1.54, 1.807) is 0 Å². The van der Waals surface area contributed by atoms with Gasteiger partial charge in [0.15, 0.2) is 0 Å². The lowest BCUT2D eigenvalue weighted by molar-refractivity contribution is -0.145. The van der Waals surface area contributed by atoms with Crippen molar-refractivity contribution in [3.63, 3.8) is 0 Å². The predicted molar refractivity (Wildman–Crippen MR) is 189 cm³/mol. The molecule has 0 N–H and O–H groups in total. The third-order valence-corrected chi connectivity index (χ3v) is 7.34. The highest BCUT2D eigenvalue weighted by Gasteiger charge is 2.03. The molecule has 11 nitrogen and oxygen atoms in total. The van der Waals surface area contributed by atoms with E-state index in [2.05, 4.69) is 13.8 Å². The van der Waals surface area contributed by atoms with Crippen LogP contribution in [0.15, 0.2) is 0 Å². The van der Waals surface area contributed by atoms with Gasteiger partial charge in [-0.25, -0.2) is 0 Å². The van der Waals surface area contributed by atoms with Crippen molar-refractivity contribution in [2.75, 3.05) is 126 Å². The van der Waals surface area contributed by atoms with Crippen molar-refractivity contribution < 1.29 is 52.2 Å². The van der Waals surface area contributed by atoms with Crippen LogP contribution in [0.25, 0.3) is 0 Å². The first-order valence-electron chi connectivity index (χ1n) is 19.2. The van der Waals surface area contributed by atoms with Crippen LogP contribution in [0.4, 0.5) is 0 Å². The predicted octanol–water partition coefficient (Wildman–Crippen LogP) is 6.57. The minimum Gasteiger partial charge on any atom is -0.463 e. The van der Waals surface area contributed by atoms with Gasteiger partial charge < -0.3 is 47.4 Å². The summed E-state index contributed by atoms with van der Waals surface area (Å²) in [6.45, 7) is 14.4. The second-order valence-corrected chi connectivity index (χ2v) is 11.7. The van der Waals surface area contributed by atoms with E-state index in [1.807, 2.05) is 0 Å². The van der Waals surface area contributed by atoms with E-state index >= 15 is 0 Å². The molecule has 0 aliphatic heterocycles. The molecule has 0 aromatic heterocycles. The van der Waals surface area contributed by atoms with Gasteiger partial charge in [-0.3, -0.25) is 4.79 Å². The van der Waals surface area contributed by atoms with Crippen LogP contribution in [-0.2, 0) is 52.2 Å². The highest BCUT2D eigenvalue weighted by molar-refractivity contribution is 5.69. The fourth-order valence-corrected chi connectivity index (χ4v) is 4.54. The first-order chi connectivity index (χ1) is 23.8. The van der Waals surface area contributed by atoms with Gasteiger partial charge in [-0.05, 0) is 12.8 Å². The Labute approximate surface area is 293 Å². The fourth-order valence-electron chi connectivity index (χ4n) is 4.54. The van der Waals surface area contributed by atoms with Gasteiger partial charge in [0.25, 0.3) is 0 Å². The first kappa shape index (κ1) is 47.1. The Morgan fingerprint density at radius 1 is 0.292 bits per heavy atom. The summed E-state index contributed by atoms with van der Waals surface area (Å²) in [6.07, 6.45) is 18.0. The molecule has 0 aliphatic rings. The summed E-state index contributed by atoms with van der Waals surface area (Å²) < 4.78 is 54.7. The van der Waals surface area contributed by atoms with E-state index in [4.69, 9.17) is 47.4 Å². The van der Waals surface area contributed by atoms with Crippen molar-refractivity contribution >= 4 is 5.97 Å². The normalized spacial score (nSPS) is 11.5. The van der Waals surface area contributed by atoms with Crippen molar-refractivity contribution in [1.82, 2.24) is 0 Å². The van der Waals surface area contributed by atoms with Crippen LogP contribution in [-0.4, -0.2) is 132 Å². The molecule has 0 rings (SSSR count).